The second-order valence-corrected chi connectivity index (χ2v) is 6.15. The average Bonchev–Trinajstić information content (AvgIpc) is 2.66. The Labute approximate surface area is 148 Å². The molecular weight excluding hydrogens is 310 g/mol. The summed E-state index contributed by atoms with van der Waals surface area (Å²) in [5, 5.41) is 9.44. The lowest BCUT2D eigenvalue weighted by Crippen LogP contribution is -2.15. The number of phenolic OH excluding ortho intramolecular Hbond substituents is 1. The molecule has 0 aromatic heterocycles. The minimum atomic E-state index is 0.213. The Hall–Kier alpha value is -2.78. The van der Waals surface area contributed by atoms with Crippen molar-refractivity contribution in [3.63, 3.8) is 0 Å². The fourth-order valence-corrected chi connectivity index (χ4v) is 2.87. The molecule has 0 saturated heterocycles. The van der Waals surface area contributed by atoms with Gasteiger partial charge in [-0.2, -0.15) is 0 Å². The van der Waals surface area contributed by atoms with Crippen LogP contribution in [0.2, 0.25) is 0 Å². The fraction of sp³-hybridized carbons (Fsp3) is 0.182. The number of benzene rings is 3. The Morgan fingerprint density at radius 1 is 0.840 bits per heavy atom. The summed E-state index contributed by atoms with van der Waals surface area (Å²) in [6.45, 7) is 1.11. The molecule has 0 fully saturated rings. The molecule has 0 spiro atoms. The van der Waals surface area contributed by atoms with Crippen LogP contribution in [0.5, 0.6) is 11.5 Å². The van der Waals surface area contributed by atoms with E-state index in [1.165, 1.54) is 5.56 Å². The summed E-state index contributed by atoms with van der Waals surface area (Å²) < 4.78 is 5.91. The van der Waals surface area contributed by atoms with Crippen LogP contribution in [0.4, 0.5) is 0 Å². The zero-order valence-electron chi connectivity index (χ0n) is 14.1. The van der Waals surface area contributed by atoms with E-state index >= 15 is 0 Å². The molecule has 0 heterocycles. The molecule has 0 saturated carbocycles. The van der Waals surface area contributed by atoms with Crippen LogP contribution in [-0.4, -0.2) is 11.7 Å². The van der Waals surface area contributed by atoms with E-state index < -0.39 is 0 Å². The van der Waals surface area contributed by atoms with Crippen molar-refractivity contribution in [2.75, 3.05) is 6.54 Å². The molecule has 3 heteroatoms. The summed E-state index contributed by atoms with van der Waals surface area (Å²) in [7, 11) is 0. The molecule has 3 nitrogen and oxygen atoms in total. The van der Waals surface area contributed by atoms with Gasteiger partial charge in [0.25, 0.3) is 0 Å². The highest BCUT2D eigenvalue weighted by Crippen LogP contribution is 2.24. The molecule has 3 aromatic rings. The Balaban J connectivity index is 1.66. The molecule has 0 amide bonds. The van der Waals surface area contributed by atoms with Crippen molar-refractivity contribution in [3.05, 3.63) is 95.6 Å². The first kappa shape index (κ1) is 17.1. The van der Waals surface area contributed by atoms with Crippen molar-refractivity contribution in [2.24, 2.45) is 5.73 Å². The van der Waals surface area contributed by atoms with Crippen LogP contribution in [0.25, 0.3) is 0 Å². The van der Waals surface area contributed by atoms with E-state index in [-0.39, 0.29) is 11.7 Å². The van der Waals surface area contributed by atoms with Gasteiger partial charge in [0.15, 0.2) is 0 Å². The third-order valence-corrected chi connectivity index (χ3v) is 4.28. The number of aromatic hydroxyl groups is 1. The van der Waals surface area contributed by atoms with Crippen molar-refractivity contribution in [1.29, 1.82) is 0 Å². The van der Waals surface area contributed by atoms with Gasteiger partial charge in [-0.05, 0) is 53.9 Å². The van der Waals surface area contributed by atoms with Crippen molar-refractivity contribution in [1.82, 2.24) is 0 Å². The highest BCUT2D eigenvalue weighted by atomic mass is 16.5. The Kier molecular flexibility index (Phi) is 5.70. The maximum atomic E-state index is 9.44. The molecule has 0 aliphatic carbocycles. The van der Waals surface area contributed by atoms with E-state index in [0.29, 0.717) is 13.2 Å². The van der Waals surface area contributed by atoms with E-state index in [1.54, 1.807) is 12.1 Å². The molecule has 0 aliphatic rings. The Bertz CT molecular complexity index is 785. The van der Waals surface area contributed by atoms with Gasteiger partial charge in [-0.15, -0.1) is 0 Å². The van der Waals surface area contributed by atoms with Gasteiger partial charge >= 0.3 is 0 Å². The van der Waals surface area contributed by atoms with Gasteiger partial charge in [0.05, 0.1) is 0 Å². The van der Waals surface area contributed by atoms with E-state index in [1.807, 2.05) is 42.5 Å². The summed E-state index contributed by atoms with van der Waals surface area (Å²) >= 11 is 0. The lowest BCUT2D eigenvalue weighted by Gasteiger charge is -2.16. The van der Waals surface area contributed by atoms with Crippen LogP contribution in [0.3, 0.4) is 0 Å². The summed E-state index contributed by atoms with van der Waals surface area (Å²) in [6, 6.07) is 25.6. The minimum Gasteiger partial charge on any atom is -0.508 e. The molecule has 0 radical (unpaired) electrons. The Morgan fingerprint density at radius 2 is 1.56 bits per heavy atom. The minimum absolute atomic E-state index is 0.213. The van der Waals surface area contributed by atoms with Gasteiger partial charge in [-0.3, -0.25) is 0 Å². The number of phenols is 1. The van der Waals surface area contributed by atoms with Crippen LogP contribution in [0, 0.1) is 0 Å². The van der Waals surface area contributed by atoms with E-state index in [0.717, 1.165) is 23.3 Å². The van der Waals surface area contributed by atoms with E-state index in [2.05, 4.69) is 24.3 Å². The molecule has 1 atom stereocenters. The molecule has 0 bridgehead atoms. The smallest absolute Gasteiger partial charge is 0.120 e. The molecule has 25 heavy (non-hydrogen) atoms. The van der Waals surface area contributed by atoms with Crippen molar-refractivity contribution >= 4 is 0 Å². The number of rotatable bonds is 7. The average molecular weight is 333 g/mol. The van der Waals surface area contributed by atoms with E-state index in [9.17, 15) is 5.11 Å². The molecule has 128 valence electrons. The third-order valence-electron chi connectivity index (χ3n) is 4.28. The molecule has 3 N–H and O–H groups in total. The zero-order valence-corrected chi connectivity index (χ0v) is 14.1. The van der Waals surface area contributed by atoms with E-state index in [4.69, 9.17) is 10.5 Å². The molecule has 3 rings (SSSR count). The Morgan fingerprint density at radius 3 is 2.28 bits per heavy atom. The SMILES string of the molecule is NCC(Cc1cccc(OCc2ccccc2)c1)c1ccc(O)cc1. The van der Waals surface area contributed by atoms with Gasteiger partial charge in [0.1, 0.15) is 18.1 Å². The lowest BCUT2D eigenvalue weighted by atomic mass is 9.92. The molecular formula is C22H23NO2. The van der Waals surface area contributed by atoms with Crippen LogP contribution in [-0.2, 0) is 13.0 Å². The normalized spacial score (nSPS) is 11.9. The van der Waals surface area contributed by atoms with Crippen LogP contribution < -0.4 is 10.5 Å². The number of hydrogen-bond acceptors (Lipinski definition) is 3. The monoisotopic (exact) mass is 333 g/mol. The summed E-state index contributed by atoms with van der Waals surface area (Å²) in [6.07, 6.45) is 0.837. The van der Waals surface area contributed by atoms with Gasteiger partial charge in [0, 0.05) is 5.92 Å². The van der Waals surface area contributed by atoms with Gasteiger partial charge < -0.3 is 15.6 Å². The van der Waals surface area contributed by atoms with Gasteiger partial charge in [-0.1, -0.05) is 54.6 Å². The second-order valence-electron chi connectivity index (χ2n) is 6.15. The van der Waals surface area contributed by atoms with Gasteiger partial charge in [-0.25, -0.2) is 0 Å². The van der Waals surface area contributed by atoms with Gasteiger partial charge in [0.2, 0.25) is 0 Å². The fourth-order valence-electron chi connectivity index (χ4n) is 2.87. The predicted molar refractivity (Wildman–Crippen MR) is 101 cm³/mol. The topological polar surface area (TPSA) is 55.5 Å². The maximum Gasteiger partial charge on any atom is 0.120 e. The first-order valence-electron chi connectivity index (χ1n) is 8.49. The maximum absolute atomic E-state index is 9.44. The summed E-state index contributed by atoms with van der Waals surface area (Å²) in [5.41, 5.74) is 9.44. The zero-order chi connectivity index (χ0) is 17.5. The first-order chi connectivity index (χ1) is 12.2. The highest BCUT2D eigenvalue weighted by Gasteiger charge is 2.11. The van der Waals surface area contributed by atoms with Crippen molar-refractivity contribution in [2.45, 2.75) is 18.9 Å². The second kappa shape index (κ2) is 8.36. The highest BCUT2D eigenvalue weighted by molar-refractivity contribution is 5.33. The number of ether oxygens (including phenoxy) is 1. The number of nitrogens with two attached hydrogens (primary N) is 1. The molecule has 3 aromatic carbocycles. The van der Waals surface area contributed by atoms with Crippen LogP contribution in [0.15, 0.2) is 78.9 Å². The molecule has 1 unspecified atom stereocenters. The number of hydrogen-bond donors (Lipinski definition) is 2. The largest absolute Gasteiger partial charge is 0.508 e. The lowest BCUT2D eigenvalue weighted by molar-refractivity contribution is 0.306. The van der Waals surface area contributed by atoms with Crippen LogP contribution in [0.1, 0.15) is 22.6 Å². The summed E-state index contributed by atoms with van der Waals surface area (Å²) in [5.74, 6) is 1.35. The standard InChI is InChI=1S/C22H23NO2/c23-15-20(19-9-11-21(24)12-10-19)13-18-7-4-8-22(14-18)25-16-17-5-2-1-3-6-17/h1-12,14,20,24H,13,15-16,23H2. The first-order valence-corrected chi connectivity index (χ1v) is 8.49. The van der Waals surface area contributed by atoms with Crippen molar-refractivity contribution in [3.8, 4) is 11.5 Å². The van der Waals surface area contributed by atoms with Crippen molar-refractivity contribution < 1.29 is 9.84 Å². The predicted octanol–water partition coefficient (Wildman–Crippen LogP) is 4.26. The molecule has 0 aliphatic heterocycles. The quantitative estimate of drug-likeness (QED) is 0.679. The van der Waals surface area contributed by atoms with Crippen LogP contribution >= 0.6 is 0 Å². The third kappa shape index (κ3) is 4.85. The summed E-state index contributed by atoms with van der Waals surface area (Å²) in [4.78, 5) is 0.